The maximum Gasteiger partial charge on any atom is 0.251 e. The van der Waals surface area contributed by atoms with E-state index >= 15 is 0 Å². The molecule has 0 spiro atoms. The molecule has 2 saturated heterocycles. The highest BCUT2D eigenvalue weighted by molar-refractivity contribution is 5.95. The fourth-order valence-corrected chi connectivity index (χ4v) is 3.89. The van der Waals surface area contributed by atoms with Crippen LogP contribution in [0.25, 0.3) is 11.3 Å². The molecule has 2 aliphatic rings. The number of nitrogens with one attached hydrogen (secondary N) is 1. The van der Waals surface area contributed by atoms with Crippen molar-refractivity contribution >= 4 is 11.6 Å². The minimum Gasteiger partial charge on any atom is -0.379 e. The van der Waals surface area contributed by atoms with Gasteiger partial charge in [0.1, 0.15) is 0 Å². The second kappa shape index (κ2) is 10.0. The number of aromatic nitrogens is 1. The molecular weight excluding hydrogens is 378 g/mol. The lowest BCUT2D eigenvalue weighted by atomic mass is 10.1. The van der Waals surface area contributed by atoms with Gasteiger partial charge in [-0.15, -0.1) is 0 Å². The van der Waals surface area contributed by atoms with Crippen LogP contribution in [-0.4, -0.2) is 93.3 Å². The van der Waals surface area contributed by atoms with Crippen LogP contribution in [0.4, 0.5) is 5.69 Å². The summed E-state index contributed by atoms with van der Waals surface area (Å²) in [5.41, 5.74) is 3.73. The summed E-state index contributed by atoms with van der Waals surface area (Å²) in [4.78, 5) is 24.1. The molecule has 1 aromatic carbocycles. The van der Waals surface area contributed by atoms with Gasteiger partial charge in [0.15, 0.2) is 0 Å². The molecule has 2 aliphatic heterocycles. The zero-order valence-corrected chi connectivity index (χ0v) is 17.7. The highest BCUT2D eigenvalue weighted by Crippen LogP contribution is 2.23. The minimum atomic E-state index is -0.0547. The second-order valence-electron chi connectivity index (χ2n) is 7.98. The monoisotopic (exact) mass is 409 g/mol. The number of pyridine rings is 1. The van der Waals surface area contributed by atoms with Crippen LogP contribution in [-0.2, 0) is 4.74 Å². The van der Waals surface area contributed by atoms with E-state index in [0.717, 1.165) is 70.3 Å². The fourth-order valence-electron chi connectivity index (χ4n) is 3.89. The predicted octanol–water partition coefficient (Wildman–Crippen LogP) is 1.56. The molecule has 0 atom stereocenters. The third-order valence-corrected chi connectivity index (χ3v) is 5.87. The van der Waals surface area contributed by atoms with Crippen LogP contribution in [0.2, 0.25) is 0 Å². The molecule has 2 aromatic rings. The maximum absolute atomic E-state index is 12.6. The largest absolute Gasteiger partial charge is 0.379 e. The van der Waals surface area contributed by atoms with Gasteiger partial charge in [-0.1, -0.05) is 12.1 Å². The lowest BCUT2D eigenvalue weighted by Gasteiger charge is -2.34. The topological polar surface area (TPSA) is 60.9 Å². The molecule has 7 nitrogen and oxygen atoms in total. The molecule has 30 heavy (non-hydrogen) atoms. The Morgan fingerprint density at radius 1 is 1.03 bits per heavy atom. The Hall–Kier alpha value is -2.48. The molecule has 1 N–H and O–H groups in total. The van der Waals surface area contributed by atoms with Crippen molar-refractivity contribution in [2.24, 2.45) is 0 Å². The molecular formula is C23H31N5O2. The summed E-state index contributed by atoms with van der Waals surface area (Å²) in [5.74, 6) is -0.0547. The molecule has 0 radical (unpaired) electrons. The average molecular weight is 410 g/mol. The van der Waals surface area contributed by atoms with Crippen molar-refractivity contribution in [2.75, 3.05) is 77.5 Å². The van der Waals surface area contributed by atoms with Crippen LogP contribution < -0.4 is 10.2 Å². The smallest absolute Gasteiger partial charge is 0.251 e. The molecule has 3 heterocycles. The number of nitrogens with zero attached hydrogens (tertiary/aromatic N) is 4. The summed E-state index contributed by atoms with van der Waals surface area (Å²) in [7, 11) is 2.16. The third kappa shape index (κ3) is 5.36. The fraction of sp³-hybridized carbons (Fsp3) is 0.478. The first-order chi connectivity index (χ1) is 14.7. The number of morpholine rings is 1. The SMILES string of the molecule is CN1CCN(c2ccc(-c3cc(C(=O)NCCN4CCOCC4)ccn3)cc2)CC1. The van der Waals surface area contributed by atoms with Crippen LogP contribution in [0.5, 0.6) is 0 Å². The minimum absolute atomic E-state index is 0.0547. The second-order valence-corrected chi connectivity index (χ2v) is 7.98. The Labute approximate surface area is 178 Å². The number of piperazine rings is 1. The number of rotatable bonds is 6. The quantitative estimate of drug-likeness (QED) is 0.782. The summed E-state index contributed by atoms with van der Waals surface area (Å²) >= 11 is 0. The summed E-state index contributed by atoms with van der Waals surface area (Å²) in [6, 6.07) is 12.1. The number of carbonyl (C=O) groups is 1. The first-order valence-corrected chi connectivity index (χ1v) is 10.8. The van der Waals surface area contributed by atoms with E-state index in [0.29, 0.717) is 12.1 Å². The normalized spacial score (nSPS) is 18.4. The van der Waals surface area contributed by atoms with E-state index in [2.05, 4.69) is 56.3 Å². The van der Waals surface area contributed by atoms with Gasteiger partial charge in [-0.2, -0.15) is 0 Å². The number of likely N-dealkylation sites (N-methyl/N-ethyl adjacent to an activating group) is 1. The maximum atomic E-state index is 12.6. The van der Waals surface area contributed by atoms with Crippen LogP contribution in [0, 0.1) is 0 Å². The van der Waals surface area contributed by atoms with Gasteiger partial charge in [0.05, 0.1) is 18.9 Å². The van der Waals surface area contributed by atoms with Gasteiger partial charge in [0, 0.05) is 75.4 Å². The van der Waals surface area contributed by atoms with Crippen molar-refractivity contribution < 1.29 is 9.53 Å². The Kier molecular flexibility index (Phi) is 6.94. The van der Waals surface area contributed by atoms with E-state index in [1.54, 1.807) is 12.3 Å². The molecule has 2 fully saturated rings. The van der Waals surface area contributed by atoms with Crippen LogP contribution in [0.3, 0.4) is 0 Å². The van der Waals surface area contributed by atoms with Gasteiger partial charge >= 0.3 is 0 Å². The lowest BCUT2D eigenvalue weighted by molar-refractivity contribution is 0.0383. The van der Waals surface area contributed by atoms with Gasteiger partial charge in [0.25, 0.3) is 5.91 Å². The molecule has 4 rings (SSSR count). The molecule has 7 heteroatoms. The zero-order valence-electron chi connectivity index (χ0n) is 17.7. The van der Waals surface area contributed by atoms with E-state index in [1.165, 1.54) is 5.69 Å². The van der Waals surface area contributed by atoms with Crippen molar-refractivity contribution in [3.63, 3.8) is 0 Å². The number of carbonyl (C=O) groups excluding carboxylic acids is 1. The highest BCUT2D eigenvalue weighted by atomic mass is 16.5. The first-order valence-electron chi connectivity index (χ1n) is 10.8. The van der Waals surface area contributed by atoms with Gasteiger partial charge in [0.2, 0.25) is 0 Å². The summed E-state index contributed by atoms with van der Waals surface area (Å²) < 4.78 is 5.36. The summed E-state index contributed by atoms with van der Waals surface area (Å²) in [6.45, 7) is 9.17. The summed E-state index contributed by atoms with van der Waals surface area (Å²) in [6.07, 6.45) is 1.71. The number of ether oxygens (including phenoxy) is 1. The average Bonchev–Trinajstić information content (AvgIpc) is 2.80. The van der Waals surface area contributed by atoms with E-state index in [4.69, 9.17) is 4.74 Å². The van der Waals surface area contributed by atoms with Gasteiger partial charge in [-0.3, -0.25) is 14.7 Å². The zero-order chi connectivity index (χ0) is 20.8. The van der Waals surface area contributed by atoms with Crippen LogP contribution in [0.15, 0.2) is 42.6 Å². The number of amides is 1. The van der Waals surface area contributed by atoms with Crippen molar-refractivity contribution in [1.29, 1.82) is 0 Å². The van der Waals surface area contributed by atoms with Gasteiger partial charge in [-0.25, -0.2) is 0 Å². The number of hydrogen-bond acceptors (Lipinski definition) is 6. The molecule has 0 aliphatic carbocycles. The Morgan fingerprint density at radius 3 is 2.50 bits per heavy atom. The third-order valence-electron chi connectivity index (χ3n) is 5.87. The van der Waals surface area contributed by atoms with Crippen molar-refractivity contribution in [3.8, 4) is 11.3 Å². The highest BCUT2D eigenvalue weighted by Gasteiger charge is 2.15. The van der Waals surface area contributed by atoms with E-state index in [1.807, 2.05) is 6.07 Å². The Balaban J connectivity index is 1.34. The molecule has 160 valence electrons. The predicted molar refractivity (Wildman–Crippen MR) is 119 cm³/mol. The van der Waals surface area contributed by atoms with Crippen molar-refractivity contribution in [3.05, 3.63) is 48.2 Å². The summed E-state index contributed by atoms with van der Waals surface area (Å²) in [5, 5.41) is 3.02. The molecule has 0 saturated carbocycles. The van der Waals surface area contributed by atoms with Crippen LogP contribution >= 0.6 is 0 Å². The van der Waals surface area contributed by atoms with E-state index in [9.17, 15) is 4.79 Å². The Morgan fingerprint density at radius 2 is 1.77 bits per heavy atom. The number of hydrogen-bond donors (Lipinski definition) is 1. The van der Waals surface area contributed by atoms with Gasteiger partial charge < -0.3 is 19.9 Å². The number of anilines is 1. The molecule has 0 bridgehead atoms. The van der Waals surface area contributed by atoms with Crippen molar-refractivity contribution in [2.45, 2.75) is 0 Å². The number of benzene rings is 1. The lowest BCUT2D eigenvalue weighted by Crippen LogP contribution is -2.44. The van der Waals surface area contributed by atoms with E-state index in [-0.39, 0.29) is 5.91 Å². The van der Waals surface area contributed by atoms with E-state index < -0.39 is 0 Å². The van der Waals surface area contributed by atoms with Crippen LogP contribution in [0.1, 0.15) is 10.4 Å². The van der Waals surface area contributed by atoms with Crippen molar-refractivity contribution in [1.82, 2.24) is 20.1 Å². The Bertz CT molecular complexity index is 828. The standard InChI is InChI=1S/C23H31N5O2/c1-26-10-12-28(13-11-26)21-4-2-19(3-5-21)22-18-20(6-7-24-22)23(29)25-8-9-27-14-16-30-17-15-27/h2-7,18H,8-17H2,1H3,(H,25,29). The molecule has 1 aromatic heterocycles. The first kappa shape index (κ1) is 20.8. The molecule has 0 unspecified atom stereocenters. The molecule has 1 amide bonds. The van der Waals surface area contributed by atoms with Gasteiger partial charge in [-0.05, 0) is 31.3 Å².